The van der Waals surface area contributed by atoms with Gasteiger partial charge in [-0.3, -0.25) is 0 Å². The Bertz CT molecular complexity index is 276. The molecule has 0 atom stereocenters. The van der Waals surface area contributed by atoms with E-state index >= 15 is 0 Å². The quantitative estimate of drug-likeness (QED) is 0.721. The molecule has 2 rings (SSSR count). The molecule has 104 valence electrons. The summed E-state index contributed by atoms with van der Waals surface area (Å²) in [5.41, 5.74) is 0.402. The monoisotopic (exact) mass is 253 g/mol. The average molecular weight is 253 g/mol. The van der Waals surface area contributed by atoms with Crippen molar-refractivity contribution in [2.45, 2.75) is 46.0 Å². The zero-order valence-electron chi connectivity index (χ0n) is 11.9. The smallest absolute Gasteiger partial charge is 0.127 e. The summed E-state index contributed by atoms with van der Waals surface area (Å²) in [6.45, 7) is 9.44. The van der Waals surface area contributed by atoms with E-state index < -0.39 is 0 Å². The summed E-state index contributed by atoms with van der Waals surface area (Å²) in [6, 6.07) is 0. The predicted octanol–water partition coefficient (Wildman–Crippen LogP) is 2.49. The maximum absolute atomic E-state index is 11.5. The highest BCUT2D eigenvalue weighted by atomic mass is 16.5. The van der Waals surface area contributed by atoms with Crippen LogP contribution in [0.25, 0.3) is 0 Å². The zero-order valence-corrected chi connectivity index (χ0v) is 11.9. The largest absolute Gasteiger partial charge is 0.381 e. The Balaban J connectivity index is 1.88. The molecule has 2 aliphatic heterocycles. The Morgan fingerprint density at radius 3 is 2.28 bits per heavy atom. The summed E-state index contributed by atoms with van der Waals surface area (Å²) in [6.07, 6.45) is 6.82. The van der Waals surface area contributed by atoms with Crippen molar-refractivity contribution in [2.24, 2.45) is 10.8 Å². The van der Waals surface area contributed by atoms with Gasteiger partial charge in [0.25, 0.3) is 0 Å². The van der Waals surface area contributed by atoms with E-state index in [-0.39, 0.29) is 5.41 Å². The molecule has 2 aliphatic rings. The van der Waals surface area contributed by atoms with Gasteiger partial charge in [0.2, 0.25) is 0 Å². The zero-order chi connectivity index (χ0) is 13.1. The van der Waals surface area contributed by atoms with Crippen LogP contribution in [0.5, 0.6) is 0 Å². The summed E-state index contributed by atoms with van der Waals surface area (Å²) >= 11 is 0. The van der Waals surface area contributed by atoms with Crippen LogP contribution in [0.4, 0.5) is 0 Å². The molecule has 0 saturated carbocycles. The van der Waals surface area contributed by atoms with E-state index in [0.717, 1.165) is 45.7 Å². The highest BCUT2D eigenvalue weighted by Gasteiger charge is 2.36. The molecule has 0 bridgehead atoms. The molecule has 0 radical (unpaired) electrons. The lowest BCUT2D eigenvalue weighted by Gasteiger charge is -2.43. The number of hydrogen-bond donors (Lipinski definition) is 0. The van der Waals surface area contributed by atoms with Gasteiger partial charge in [0.1, 0.15) is 6.29 Å². The van der Waals surface area contributed by atoms with Crippen LogP contribution in [0, 0.1) is 10.8 Å². The minimum atomic E-state index is -0.127. The van der Waals surface area contributed by atoms with Crippen molar-refractivity contribution in [3.8, 4) is 0 Å². The first kappa shape index (κ1) is 14.0. The molecular weight excluding hydrogens is 226 g/mol. The van der Waals surface area contributed by atoms with E-state index in [0.29, 0.717) is 5.41 Å². The Morgan fingerprint density at radius 1 is 1.17 bits per heavy atom. The van der Waals surface area contributed by atoms with Crippen molar-refractivity contribution >= 4 is 6.29 Å². The maximum Gasteiger partial charge on any atom is 0.127 e. The molecule has 0 N–H and O–H groups in total. The second kappa shape index (κ2) is 5.70. The molecule has 0 aliphatic carbocycles. The van der Waals surface area contributed by atoms with Gasteiger partial charge in [-0.2, -0.15) is 0 Å². The standard InChI is InChI=1S/C15H27NO2/c1-3-14(2)4-8-16(9-5-14)12-15(13-17)6-10-18-11-7-15/h13H,3-12H2,1-2H3. The van der Waals surface area contributed by atoms with Crippen molar-refractivity contribution in [3.63, 3.8) is 0 Å². The third kappa shape index (κ3) is 3.12. The van der Waals surface area contributed by atoms with E-state index in [1.807, 2.05) is 0 Å². The van der Waals surface area contributed by atoms with Crippen LogP contribution < -0.4 is 0 Å². The van der Waals surface area contributed by atoms with E-state index in [1.54, 1.807) is 0 Å². The van der Waals surface area contributed by atoms with E-state index in [2.05, 4.69) is 18.7 Å². The Kier molecular flexibility index (Phi) is 4.44. The van der Waals surface area contributed by atoms with Gasteiger partial charge in [-0.1, -0.05) is 20.3 Å². The molecule has 0 unspecified atom stereocenters. The SMILES string of the molecule is CCC1(C)CCN(CC2(C=O)CCOCC2)CC1. The molecule has 2 heterocycles. The topological polar surface area (TPSA) is 29.5 Å². The summed E-state index contributed by atoms with van der Waals surface area (Å²) < 4.78 is 5.39. The van der Waals surface area contributed by atoms with Gasteiger partial charge >= 0.3 is 0 Å². The lowest BCUT2D eigenvalue weighted by molar-refractivity contribution is -0.123. The molecule has 2 saturated heterocycles. The molecular formula is C15H27NO2. The Labute approximate surface area is 111 Å². The predicted molar refractivity (Wildman–Crippen MR) is 72.6 cm³/mol. The number of aldehydes is 1. The second-order valence-corrected chi connectivity index (χ2v) is 6.53. The van der Waals surface area contributed by atoms with E-state index in [9.17, 15) is 4.79 Å². The van der Waals surface area contributed by atoms with Crippen molar-refractivity contribution < 1.29 is 9.53 Å². The number of ether oxygens (including phenoxy) is 1. The number of piperidine rings is 1. The number of carbonyl (C=O) groups excluding carboxylic acids is 1. The van der Waals surface area contributed by atoms with Crippen LogP contribution in [-0.4, -0.2) is 44.0 Å². The van der Waals surface area contributed by atoms with Crippen LogP contribution in [-0.2, 0) is 9.53 Å². The lowest BCUT2D eigenvalue weighted by atomic mass is 9.76. The van der Waals surface area contributed by atoms with E-state index in [4.69, 9.17) is 4.74 Å². The average Bonchev–Trinajstić information content (AvgIpc) is 2.43. The molecule has 2 fully saturated rings. The fourth-order valence-corrected chi connectivity index (χ4v) is 3.14. The first-order valence-electron chi connectivity index (χ1n) is 7.38. The summed E-state index contributed by atoms with van der Waals surface area (Å²) in [7, 11) is 0. The van der Waals surface area contributed by atoms with Gasteiger partial charge in [0, 0.05) is 25.2 Å². The van der Waals surface area contributed by atoms with Gasteiger partial charge in [-0.15, -0.1) is 0 Å². The summed E-state index contributed by atoms with van der Waals surface area (Å²) in [5.74, 6) is 0. The number of nitrogens with zero attached hydrogens (tertiary/aromatic N) is 1. The third-order valence-corrected chi connectivity index (χ3v) is 5.19. The van der Waals surface area contributed by atoms with Crippen LogP contribution in [0.3, 0.4) is 0 Å². The van der Waals surface area contributed by atoms with Gasteiger partial charge in [0.15, 0.2) is 0 Å². The van der Waals surface area contributed by atoms with Crippen LogP contribution >= 0.6 is 0 Å². The molecule has 0 amide bonds. The van der Waals surface area contributed by atoms with Crippen molar-refractivity contribution in [3.05, 3.63) is 0 Å². The molecule has 0 aromatic heterocycles. The molecule has 3 nitrogen and oxygen atoms in total. The minimum Gasteiger partial charge on any atom is -0.381 e. The van der Waals surface area contributed by atoms with Crippen LogP contribution in [0.1, 0.15) is 46.0 Å². The van der Waals surface area contributed by atoms with E-state index in [1.165, 1.54) is 25.5 Å². The van der Waals surface area contributed by atoms with Crippen molar-refractivity contribution in [2.75, 3.05) is 32.8 Å². The highest BCUT2D eigenvalue weighted by Crippen LogP contribution is 2.36. The normalized spacial score (nSPS) is 27.9. The van der Waals surface area contributed by atoms with Crippen LogP contribution in [0.2, 0.25) is 0 Å². The third-order valence-electron chi connectivity index (χ3n) is 5.19. The molecule has 0 spiro atoms. The first-order valence-corrected chi connectivity index (χ1v) is 7.38. The highest BCUT2D eigenvalue weighted by molar-refractivity contribution is 5.60. The molecule has 3 heteroatoms. The van der Waals surface area contributed by atoms with Crippen LogP contribution in [0.15, 0.2) is 0 Å². The Morgan fingerprint density at radius 2 is 1.78 bits per heavy atom. The minimum absolute atomic E-state index is 0.127. The maximum atomic E-state index is 11.5. The van der Waals surface area contributed by atoms with Crippen molar-refractivity contribution in [1.29, 1.82) is 0 Å². The Hall–Kier alpha value is -0.410. The molecule has 18 heavy (non-hydrogen) atoms. The van der Waals surface area contributed by atoms with Gasteiger partial charge in [-0.25, -0.2) is 0 Å². The molecule has 0 aromatic rings. The number of rotatable bonds is 4. The summed E-state index contributed by atoms with van der Waals surface area (Å²) in [4.78, 5) is 14.0. The first-order chi connectivity index (χ1) is 8.61. The summed E-state index contributed by atoms with van der Waals surface area (Å²) in [5, 5.41) is 0. The van der Waals surface area contributed by atoms with Gasteiger partial charge in [0.05, 0.1) is 0 Å². The van der Waals surface area contributed by atoms with Crippen molar-refractivity contribution in [1.82, 2.24) is 4.90 Å². The lowest BCUT2D eigenvalue weighted by Crippen LogP contribution is -2.47. The fourth-order valence-electron chi connectivity index (χ4n) is 3.14. The fraction of sp³-hybridized carbons (Fsp3) is 0.933. The molecule has 0 aromatic carbocycles. The number of likely N-dealkylation sites (tertiary alicyclic amines) is 1. The number of hydrogen-bond acceptors (Lipinski definition) is 3. The number of carbonyl (C=O) groups is 1. The van der Waals surface area contributed by atoms with Gasteiger partial charge in [-0.05, 0) is 44.2 Å². The van der Waals surface area contributed by atoms with Gasteiger partial charge < -0.3 is 14.4 Å². The second-order valence-electron chi connectivity index (χ2n) is 6.53.